The number of imidazole rings is 1. The number of benzene rings is 2. The van der Waals surface area contributed by atoms with E-state index >= 15 is 0 Å². The number of carbonyl (C=O) groups is 1. The molecule has 6 nitrogen and oxygen atoms in total. The van der Waals surface area contributed by atoms with Crippen molar-refractivity contribution in [1.82, 2.24) is 9.55 Å². The van der Waals surface area contributed by atoms with E-state index in [0.717, 1.165) is 0 Å². The first kappa shape index (κ1) is 17.5. The maximum atomic E-state index is 12.4. The summed E-state index contributed by atoms with van der Waals surface area (Å²) in [6.07, 6.45) is 3.51. The zero-order chi connectivity index (χ0) is 18.5. The van der Waals surface area contributed by atoms with Crippen LogP contribution in [0.3, 0.4) is 0 Å². The van der Waals surface area contributed by atoms with Crippen LogP contribution in [0.4, 0.5) is 5.82 Å². The van der Waals surface area contributed by atoms with Crippen LogP contribution >= 0.6 is 0 Å². The van der Waals surface area contributed by atoms with Crippen LogP contribution in [0.5, 0.6) is 11.5 Å². The van der Waals surface area contributed by atoms with E-state index in [9.17, 15) is 4.79 Å². The molecule has 0 spiro atoms. The number of carbonyl (C=O) groups excluding carboxylic acids is 1. The van der Waals surface area contributed by atoms with Crippen molar-refractivity contribution in [2.75, 3.05) is 19.5 Å². The van der Waals surface area contributed by atoms with E-state index in [0.29, 0.717) is 29.4 Å². The molecule has 26 heavy (non-hydrogen) atoms. The smallest absolute Gasteiger partial charge is 0.256 e. The minimum atomic E-state index is -0.258. The van der Waals surface area contributed by atoms with Crippen LogP contribution < -0.4 is 14.8 Å². The molecule has 3 aromatic rings. The average molecular weight is 351 g/mol. The maximum Gasteiger partial charge on any atom is 0.256 e. The van der Waals surface area contributed by atoms with Gasteiger partial charge in [0.2, 0.25) is 0 Å². The molecule has 0 saturated heterocycles. The van der Waals surface area contributed by atoms with Gasteiger partial charge in [-0.2, -0.15) is 0 Å². The Balaban J connectivity index is 1.69. The van der Waals surface area contributed by atoms with E-state index in [1.807, 2.05) is 10.6 Å². The van der Waals surface area contributed by atoms with E-state index in [1.54, 1.807) is 37.8 Å². The van der Waals surface area contributed by atoms with Crippen LogP contribution in [0.15, 0.2) is 55.0 Å². The third-order valence-electron chi connectivity index (χ3n) is 3.97. The summed E-state index contributed by atoms with van der Waals surface area (Å²) in [5.74, 6) is 1.32. The molecule has 134 valence electrons. The van der Waals surface area contributed by atoms with E-state index < -0.39 is 0 Å². The molecule has 0 aliphatic carbocycles. The first-order valence-corrected chi connectivity index (χ1v) is 8.19. The lowest BCUT2D eigenvalue weighted by Crippen LogP contribution is -2.12. The Hall–Kier alpha value is -3.28. The number of aromatic nitrogens is 2. The van der Waals surface area contributed by atoms with Crippen molar-refractivity contribution in [3.63, 3.8) is 0 Å². The number of nitrogens with zero attached hydrogens (tertiary/aromatic N) is 2. The molecule has 0 atom stereocenters. The molecule has 0 fully saturated rings. The molecular weight excluding hydrogens is 330 g/mol. The largest absolute Gasteiger partial charge is 0.493 e. The van der Waals surface area contributed by atoms with E-state index in [2.05, 4.69) is 35.4 Å². The predicted molar refractivity (Wildman–Crippen MR) is 100 cm³/mol. The monoisotopic (exact) mass is 351 g/mol. The molecule has 1 N–H and O–H groups in total. The normalized spacial score (nSPS) is 10.4. The Morgan fingerprint density at radius 1 is 1.12 bits per heavy atom. The van der Waals surface area contributed by atoms with Gasteiger partial charge in [-0.15, -0.1) is 0 Å². The van der Waals surface area contributed by atoms with Crippen LogP contribution in [0.2, 0.25) is 0 Å². The highest BCUT2D eigenvalue weighted by Gasteiger charge is 2.12. The lowest BCUT2D eigenvalue weighted by Gasteiger charge is -2.09. The van der Waals surface area contributed by atoms with Crippen molar-refractivity contribution >= 4 is 11.7 Å². The summed E-state index contributed by atoms with van der Waals surface area (Å²) in [6, 6.07) is 13.3. The molecule has 3 rings (SSSR count). The summed E-state index contributed by atoms with van der Waals surface area (Å²) in [4.78, 5) is 16.7. The first-order chi connectivity index (χ1) is 12.6. The van der Waals surface area contributed by atoms with Gasteiger partial charge in [0, 0.05) is 18.3 Å². The van der Waals surface area contributed by atoms with Gasteiger partial charge < -0.3 is 19.4 Å². The molecule has 6 heteroatoms. The van der Waals surface area contributed by atoms with Gasteiger partial charge in [-0.3, -0.25) is 4.79 Å². The van der Waals surface area contributed by atoms with Crippen LogP contribution in [0.1, 0.15) is 21.5 Å². The van der Waals surface area contributed by atoms with Crippen LogP contribution in [-0.2, 0) is 6.54 Å². The topological polar surface area (TPSA) is 65.4 Å². The minimum absolute atomic E-state index is 0.258. The Bertz CT molecular complexity index is 918. The summed E-state index contributed by atoms with van der Waals surface area (Å²) in [6.45, 7) is 2.76. The number of ether oxygens (including phenoxy) is 2. The maximum absolute atomic E-state index is 12.4. The van der Waals surface area contributed by atoms with E-state index in [4.69, 9.17) is 9.47 Å². The molecule has 1 heterocycles. The molecule has 0 bridgehead atoms. The van der Waals surface area contributed by atoms with Crippen molar-refractivity contribution in [2.45, 2.75) is 13.5 Å². The number of hydrogen-bond donors (Lipinski definition) is 1. The Morgan fingerprint density at radius 3 is 2.65 bits per heavy atom. The zero-order valence-corrected chi connectivity index (χ0v) is 15.0. The van der Waals surface area contributed by atoms with Crippen LogP contribution in [0, 0.1) is 6.92 Å². The molecule has 0 unspecified atom stereocenters. The molecule has 0 radical (unpaired) electrons. The van der Waals surface area contributed by atoms with Gasteiger partial charge in [-0.25, -0.2) is 4.98 Å². The second-order valence-corrected chi connectivity index (χ2v) is 5.94. The van der Waals surface area contributed by atoms with Crippen LogP contribution in [0.25, 0.3) is 0 Å². The predicted octanol–water partition coefficient (Wildman–Crippen LogP) is 3.51. The van der Waals surface area contributed by atoms with Gasteiger partial charge in [0.1, 0.15) is 0 Å². The van der Waals surface area contributed by atoms with Crippen molar-refractivity contribution in [2.24, 2.45) is 0 Å². The first-order valence-electron chi connectivity index (χ1n) is 8.19. The number of anilines is 1. The standard InChI is InChI=1S/C20H21N3O3/c1-14-5-4-6-15(9-14)11-23-12-19(21-13-23)22-20(24)16-7-8-17(25-2)18(10-16)26-3/h4-10,12-13H,11H2,1-3H3,(H,22,24). The fourth-order valence-corrected chi connectivity index (χ4v) is 2.70. The second kappa shape index (κ2) is 7.74. The second-order valence-electron chi connectivity index (χ2n) is 5.94. The lowest BCUT2D eigenvalue weighted by atomic mass is 10.1. The summed E-state index contributed by atoms with van der Waals surface area (Å²) in [5.41, 5.74) is 2.86. The highest BCUT2D eigenvalue weighted by molar-refractivity contribution is 6.04. The summed E-state index contributed by atoms with van der Waals surface area (Å²) in [5, 5.41) is 2.80. The number of rotatable bonds is 6. The molecule has 0 aliphatic rings. The van der Waals surface area contributed by atoms with Crippen molar-refractivity contribution < 1.29 is 14.3 Å². The highest BCUT2D eigenvalue weighted by Crippen LogP contribution is 2.27. The molecule has 0 saturated carbocycles. The van der Waals surface area contributed by atoms with Crippen LogP contribution in [-0.4, -0.2) is 29.7 Å². The quantitative estimate of drug-likeness (QED) is 0.738. The Labute approximate surface area is 152 Å². The van der Waals surface area contributed by atoms with Crippen molar-refractivity contribution in [3.05, 3.63) is 71.7 Å². The summed E-state index contributed by atoms with van der Waals surface area (Å²) < 4.78 is 12.3. The number of aryl methyl sites for hydroxylation is 1. The highest BCUT2D eigenvalue weighted by atomic mass is 16.5. The third kappa shape index (κ3) is 4.03. The van der Waals surface area contributed by atoms with Gasteiger partial charge in [-0.1, -0.05) is 29.8 Å². The van der Waals surface area contributed by atoms with Crippen molar-refractivity contribution in [1.29, 1.82) is 0 Å². The molecule has 1 aromatic heterocycles. The van der Waals surface area contributed by atoms with Gasteiger partial charge in [-0.05, 0) is 30.7 Å². The molecule has 0 aliphatic heterocycles. The molecule has 1 amide bonds. The fourth-order valence-electron chi connectivity index (χ4n) is 2.70. The van der Waals surface area contributed by atoms with Crippen molar-refractivity contribution in [3.8, 4) is 11.5 Å². The average Bonchev–Trinajstić information content (AvgIpc) is 3.07. The lowest BCUT2D eigenvalue weighted by molar-refractivity contribution is 0.102. The number of hydrogen-bond acceptors (Lipinski definition) is 4. The molecule has 2 aromatic carbocycles. The zero-order valence-electron chi connectivity index (χ0n) is 15.0. The molecular formula is C20H21N3O3. The third-order valence-corrected chi connectivity index (χ3v) is 3.97. The Morgan fingerprint density at radius 2 is 1.92 bits per heavy atom. The van der Waals surface area contributed by atoms with Gasteiger partial charge >= 0.3 is 0 Å². The summed E-state index contributed by atoms with van der Waals surface area (Å²) >= 11 is 0. The minimum Gasteiger partial charge on any atom is -0.493 e. The Kier molecular flexibility index (Phi) is 5.22. The SMILES string of the molecule is COc1ccc(C(=O)Nc2cn(Cc3cccc(C)c3)cn2)cc1OC. The van der Waals surface area contributed by atoms with Gasteiger partial charge in [0.25, 0.3) is 5.91 Å². The van der Waals surface area contributed by atoms with E-state index in [1.165, 1.54) is 18.2 Å². The number of amides is 1. The summed E-state index contributed by atoms with van der Waals surface area (Å²) in [7, 11) is 3.09. The van der Waals surface area contributed by atoms with Gasteiger partial charge in [0.15, 0.2) is 17.3 Å². The number of methoxy groups -OCH3 is 2. The number of nitrogens with one attached hydrogen (secondary N) is 1. The van der Waals surface area contributed by atoms with Gasteiger partial charge in [0.05, 0.1) is 20.5 Å². The fraction of sp³-hybridized carbons (Fsp3) is 0.200. The van der Waals surface area contributed by atoms with E-state index in [-0.39, 0.29) is 5.91 Å².